The molecule has 3 aromatic carbocycles. The lowest BCUT2D eigenvalue weighted by molar-refractivity contribution is 0.101. The molecule has 0 aliphatic heterocycles. The molecule has 0 spiro atoms. The van der Waals surface area contributed by atoms with Crippen molar-refractivity contribution >= 4 is 22.3 Å². The third-order valence-electron chi connectivity index (χ3n) is 4.56. The van der Waals surface area contributed by atoms with Gasteiger partial charge in [-0.25, -0.2) is 0 Å². The SMILES string of the molecule is COc1ccc2c(C(=O)c3ccccc3)c(C)c(C(C)=O)cc2c1OC. The van der Waals surface area contributed by atoms with Crippen LogP contribution in [-0.2, 0) is 0 Å². The number of Topliss-reactive ketones (excluding diaryl/α,β-unsaturated/α-hetero) is 1. The van der Waals surface area contributed by atoms with Gasteiger partial charge in [0, 0.05) is 22.1 Å². The lowest BCUT2D eigenvalue weighted by Crippen LogP contribution is -2.09. The van der Waals surface area contributed by atoms with E-state index < -0.39 is 0 Å². The molecule has 0 unspecified atom stereocenters. The molecular formula is C22H20O4. The van der Waals surface area contributed by atoms with Crippen LogP contribution in [0.25, 0.3) is 10.8 Å². The summed E-state index contributed by atoms with van der Waals surface area (Å²) in [6, 6.07) is 14.4. The highest BCUT2D eigenvalue weighted by atomic mass is 16.5. The van der Waals surface area contributed by atoms with Crippen LogP contribution in [0.4, 0.5) is 0 Å². The molecule has 0 aromatic heterocycles. The highest BCUT2D eigenvalue weighted by molar-refractivity contribution is 6.20. The number of ether oxygens (including phenoxy) is 2. The minimum atomic E-state index is -0.122. The third-order valence-corrected chi connectivity index (χ3v) is 4.56. The summed E-state index contributed by atoms with van der Waals surface area (Å²) in [7, 11) is 3.10. The van der Waals surface area contributed by atoms with Crippen LogP contribution in [0.3, 0.4) is 0 Å². The van der Waals surface area contributed by atoms with E-state index in [4.69, 9.17) is 9.47 Å². The van der Waals surface area contributed by atoms with Gasteiger partial charge in [0.15, 0.2) is 23.1 Å². The first-order valence-corrected chi connectivity index (χ1v) is 8.28. The number of ketones is 2. The fourth-order valence-electron chi connectivity index (χ4n) is 3.29. The molecular weight excluding hydrogens is 328 g/mol. The van der Waals surface area contributed by atoms with Gasteiger partial charge in [0.2, 0.25) is 0 Å². The molecule has 3 rings (SSSR count). The van der Waals surface area contributed by atoms with Gasteiger partial charge in [-0.3, -0.25) is 9.59 Å². The van der Waals surface area contributed by atoms with Gasteiger partial charge in [0.25, 0.3) is 0 Å². The second-order valence-electron chi connectivity index (χ2n) is 6.07. The highest BCUT2D eigenvalue weighted by Crippen LogP contribution is 2.39. The van der Waals surface area contributed by atoms with E-state index in [1.807, 2.05) is 31.2 Å². The maximum Gasteiger partial charge on any atom is 0.193 e. The molecule has 4 nitrogen and oxygen atoms in total. The maximum atomic E-state index is 13.2. The summed E-state index contributed by atoms with van der Waals surface area (Å²) in [5.41, 5.74) is 2.27. The molecule has 3 aromatic rings. The highest BCUT2D eigenvalue weighted by Gasteiger charge is 2.22. The van der Waals surface area contributed by atoms with Crippen molar-refractivity contribution in [3.63, 3.8) is 0 Å². The zero-order valence-electron chi connectivity index (χ0n) is 15.3. The van der Waals surface area contributed by atoms with Crippen molar-refractivity contribution in [3.8, 4) is 11.5 Å². The Morgan fingerprint density at radius 3 is 2.15 bits per heavy atom. The fourth-order valence-corrected chi connectivity index (χ4v) is 3.29. The Hall–Kier alpha value is -3.14. The number of fused-ring (bicyclic) bond motifs is 1. The van der Waals surface area contributed by atoms with Crippen molar-refractivity contribution < 1.29 is 19.1 Å². The molecule has 0 aliphatic rings. The van der Waals surface area contributed by atoms with Crippen LogP contribution in [0.1, 0.15) is 38.8 Å². The Morgan fingerprint density at radius 1 is 0.885 bits per heavy atom. The van der Waals surface area contributed by atoms with E-state index in [9.17, 15) is 9.59 Å². The molecule has 0 bridgehead atoms. The quantitative estimate of drug-likeness (QED) is 0.632. The summed E-state index contributed by atoms with van der Waals surface area (Å²) in [5.74, 6) is 0.839. The van der Waals surface area contributed by atoms with Crippen molar-refractivity contribution in [3.05, 3.63) is 70.8 Å². The molecule has 26 heavy (non-hydrogen) atoms. The summed E-state index contributed by atoms with van der Waals surface area (Å²) in [5, 5.41) is 1.42. The normalized spacial score (nSPS) is 10.6. The standard InChI is InChI=1S/C22H20O4/c1-13-17(14(2)23)12-18-16(10-11-19(25-3)22(18)26-4)20(13)21(24)15-8-6-5-7-9-15/h5-12H,1-4H3. The van der Waals surface area contributed by atoms with E-state index in [0.717, 1.165) is 5.39 Å². The molecule has 0 saturated heterocycles. The molecule has 132 valence electrons. The summed E-state index contributed by atoms with van der Waals surface area (Å²) in [6.07, 6.45) is 0. The Kier molecular flexibility index (Phi) is 4.76. The number of rotatable bonds is 5. The van der Waals surface area contributed by atoms with Crippen LogP contribution in [0.5, 0.6) is 11.5 Å². The molecule has 0 amide bonds. The number of hydrogen-bond acceptors (Lipinski definition) is 4. The van der Waals surface area contributed by atoms with Gasteiger partial charge in [0.05, 0.1) is 14.2 Å². The minimum Gasteiger partial charge on any atom is -0.493 e. The van der Waals surface area contributed by atoms with Crippen LogP contribution in [0.2, 0.25) is 0 Å². The van der Waals surface area contributed by atoms with Crippen molar-refractivity contribution in [1.29, 1.82) is 0 Å². The summed E-state index contributed by atoms with van der Waals surface area (Å²) < 4.78 is 10.9. The number of carbonyl (C=O) groups excluding carboxylic acids is 2. The van der Waals surface area contributed by atoms with Gasteiger partial charge in [-0.05, 0) is 43.0 Å². The zero-order valence-corrected chi connectivity index (χ0v) is 15.3. The monoisotopic (exact) mass is 348 g/mol. The second-order valence-corrected chi connectivity index (χ2v) is 6.07. The lowest BCUT2D eigenvalue weighted by atomic mass is 9.88. The molecule has 0 fully saturated rings. The van der Waals surface area contributed by atoms with Crippen LogP contribution >= 0.6 is 0 Å². The molecule has 0 aliphatic carbocycles. The second kappa shape index (κ2) is 7.00. The predicted molar refractivity (Wildman–Crippen MR) is 102 cm³/mol. The van der Waals surface area contributed by atoms with Gasteiger partial charge in [0.1, 0.15) is 0 Å². The number of methoxy groups -OCH3 is 2. The minimum absolute atomic E-state index is 0.101. The van der Waals surface area contributed by atoms with Crippen LogP contribution in [0.15, 0.2) is 48.5 Å². The predicted octanol–water partition coefficient (Wildman–Crippen LogP) is 4.60. The molecule has 0 N–H and O–H groups in total. The first kappa shape index (κ1) is 17.7. The van der Waals surface area contributed by atoms with E-state index in [0.29, 0.717) is 39.1 Å². The Labute approximate surface area is 152 Å². The maximum absolute atomic E-state index is 13.2. The van der Waals surface area contributed by atoms with Gasteiger partial charge in [-0.1, -0.05) is 30.3 Å². The zero-order chi connectivity index (χ0) is 18.8. The summed E-state index contributed by atoms with van der Waals surface area (Å²) in [4.78, 5) is 25.4. The number of carbonyl (C=O) groups is 2. The van der Waals surface area contributed by atoms with Crippen LogP contribution in [0, 0.1) is 6.92 Å². The summed E-state index contributed by atoms with van der Waals surface area (Å²) in [6.45, 7) is 3.31. The van der Waals surface area contributed by atoms with E-state index in [1.54, 1.807) is 38.5 Å². The molecule has 0 atom stereocenters. The largest absolute Gasteiger partial charge is 0.493 e. The lowest BCUT2D eigenvalue weighted by Gasteiger charge is -2.17. The van der Waals surface area contributed by atoms with Crippen LogP contribution < -0.4 is 9.47 Å². The van der Waals surface area contributed by atoms with Gasteiger partial charge >= 0.3 is 0 Å². The van der Waals surface area contributed by atoms with Gasteiger partial charge < -0.3 is 9.47 Å². The smallest absolute Gasteiger partial charge is 0.193 e. The Balaban J connectivity index is 2.42. The van der Waals surface area contributed by atoms with E-state index in [1.165, 1.54) is 6.92 Å². The van der Waals surface area contributed by atoms with E-state index in [2.05, 4.69) is 0 Å². The van der Waals surface area contributed by atoms with Crippen molar-refractivity contribution in [1.82, 2.24) is 0 Å². The van der Waals surface area contributed by atoms with Gasteiger partial charge in [-0.2, -0.15) is 0 Å². The topological polar surface area (TPSA) is 52.6 Å². The first-order valence-electron chi connectivity index (χ1n) is 8.28. The van der Waals surface area contributed by atoms with E-state index in [-0.39, 0.29) is 11.6 Å². The summed E-state index contributed by atoms with van der Waals surface area (Å²) >= 11 is 0. The fraction of sp³-hybridized carbons (Fsp3) is 0.182. The Bertz CT molecular complexity index is 1000. The average molecular weight is 348 g/mol. The number of benzene rings is 3. The van der Waals surface area contributed by atoms with E-state index >= 15 is 0 Å². The van der Waals surface area contributed by atoms with Crippen molar-refractivity contribution in [2.24, 2.45) is 0 Å². The third kappa shape index (κ3) is 2.84. The molecule has 0 heterocycles. The Morgan fingerprint density at radius 2 is 1.58 bits per heavy atom. The van der Waals surface area contributed by atoms with Crippen molar-refractivity contribution in [2.45, 2.75) is 13.8 Å². The molecule has 4 heteroatoms. The van der Waals surface area contributed by atoms with Gasteiger partial charge in [-0.15, -0.1) is 0 Å². The first-order chi connectivity index (χ1) is 12.5. The van der Waals surface area contributed by atoms with Crippen LogP contribution in [-0.4, -0.2) is 25.8 Å². The molecule has 0 radical (unpaired) electrons. The average Bonchev–Trinajstić information content (AvgIpc) is 2.66. The molecule has 0 saturated carbocycles. The van der Waals surface area contributed by atoms with Crippen molar-refractivity contribution in [2.75, 3.05) is 14.2 Å². The number of hydrogen-bond donors (Lipinski definition) is 0.